The lowest BCUT2D eigenvalue weighted by Gasteiger charge is -2.24. The Morgan fingerprint density at radius 2 is 1.81 bits per heavy atom. The van der Waals surface area contributed by atoms with Crippen LogP contribution in [-0.4, -0.2) is 27.5 Å². The minimum atomic E-state index is -4.94. The van der Waals surface area contributed by atoms with Gasteiger partial charge in [-0.15, -0.1) is 0 Å². The highest BCUT2D eigenvalue weighted by atomic mass is 32.2. The molecule has 0 unspecified atom stereocenters. The second kappa shape index (κ2) is 5.90. The number of alkyl halides is 3. The summed E-state index contributed by atoms with van der Waals surface area (Å²) in [6.07, 6.45) is -3.97. The van der Waals surface area contributed by atoms with Crippen molar-refractivity contribution in [3.05, 3.63) is 29.6 Å². The summed E-state index contributed by atoms with van der Waals surface area (Å²) in [5, 5.41) is 3.02. The van der Waals surface area contributed by atoms with Crippen molar-refractivity contribution in [2.45, 2.75) is 30.0 Å². The van der Waals surface area contributed by atoms with Gasteiger partial charge >= 0.3 is 6.18 Å². The molecule has 0 bridgehead atoms. The molecule has 0 saturated carbocycles. The molecule has 0 amide bonds. The van der Waals surface area contributed by atoms with Crippen LogP contribution in [0.1, 0.15) is 18.4 Å². The van der Waals surface area contributed by atoms with E-state index >= 15 is 0 Å². The second-order valence-corrected chi connectivity index (χ2v) is 6.47. The summed E-state index contributed by atoms with van der Waals surface area (Å²) in [6, 6.07) is 1.10. The summed E-state index contributed by atoms with van der Waals surface area (Å²) in [7, 11) is -4.35. The molecule has 2 N–H and O–H groups in total. The summed E-state index contributed by atoms with van der Waals surface area (Å²) in [5.74, 6) is -1.14. The highest BCUT2D eigenvalue weighted by Crippen LogP contribution is 2.34. The lowest BCUT2D eigenvalue weighted by Crippen LogP contribution is -2.43. The van der Waals surface area contributed by atoms with E-state index in [2.05, 4.69) is 10.0 Å². The number of piperidine rings is 1. The molecular weight excluding hydrogens is 312 g/mol. The largest absolute Gasteiger partial charge is 0.417 e. The molecule has 1 fully saturated rings. The summed E-state index contributed by atoms with van der Waals surface area (Å²) < 4.78 is 78.1. The lowest BCUT2D eigenvalue weighted by atomic mass is 10.1. The zero-order valence-corrected chi connectivity index (χ0v) is 11.7. The molecule has 1 aromatic carbocycles. The number of benzene rings is 1. The highest BCUT2D eigenvalue weighted by molar-refractivity contribution is 7.89. The summed E-state index contributed by atoms with van der Waals surface area (Å²) in [6.45, 7) is 1.17. The summed E-state index contributed by atoms with van der Waals surface area (Å²) >= 11 is 0. The molecule has 1 saturated heterocycles. The van der Waals surface area contributed by atoms with Crippen LogP contribution >= 0.6 is 0 Å². The first-order valence-corrected chi connectivity index (χ1v) is 7.78. The quantitative estimate of drug-likeness (QED) is 0.834. The Bertz CT molecular complexity index is 610. The fourth-order valence-corrected chi connectivity index (χ4v) is 3.69. The van der Waals surface area contributed by atoms with E-state index in [1.165, 1.54) is 0 Å². The van der Waals surface area contributed by atoms with E-state index < -0.39 is 38.5 Å². The lowest BCUT2D eigenvalue weighted by molar-refractivity contribution is -0.140. The van der Waals surface area contributed by atoms with Gasteiger partial charge in [-0.3, -0.25) is 0 Å². The SMILES string of the molecule is O=S(=O)(NC1CCNCC1)c1ccc(F)cc1C(F)(F)F. The number of hydrogen-bond donors (Lipinski definition) is 2. The Kier molecular flexibility index (Phi) is 4.54. The van der Waals surface area contributed by atoms with E-state index in [1.807, 2.05) is 0 Å². The third-order valence-electron chi connectivity index (χ3n) is 3.20. The van der Waals surface area contributed by atoms with Crippen LogP contribution in [0.3, 0.4) is 0 Å². The number of hydrogen-bond acceptors (Lipinski definition) is 3. The van der Waals surface area contributed by atoms with Crippen molar-refractivity contribution in [2.24, 2.45) is 0 Å². The van der Waals surface area contributed by atoms with Crippen molar-refractivity contribution < 1.29 is 26.0 Å². The first-order chi connectivity index (χ1) is 9.70. The van der Waals surface area contributed by atoms with Crippen molar-refractivity contribution >= 4 is 10.0 Å². The normalized spacial score (nSPS) is 17.9. The fraction of sp³-hybridized carbons (Fsp3) is 0.500. The molecule has 1 aromatic rings. The van der Waals surface area contributed by atoms with Gasteiger partial charge in [0.25, 0.3) is 0 Å². The standard InChI is InChI=1S/C12H14F4N2O2S/c13-8-1-2-11(10(7-8)12(14,15)16)21(19,20)18-9-3-5-17-6-4-9/h1-2,7,9,17-18H,3-6H2. The Labute approximate surface area is 119 Å². The molecule has 0 aliphatic carbocycles. The number of nitrogens with one attached hydrogen (secondary N) is 2. The average Bonchev–Trinajstić information content (AvgIpc) is 2.38. The van der Waals surface area contributed by atoms with Crippen LogP contribution in [0, 0.1) is 5.82 Å². The van der Waals surface area contributed by atoms with Gasteiger partial charge in [-0.25, -0.2) is 17.5 Å². The van der Waals surface area contributed by atoms with Crippen LogP contribution in [0.25, 0.3) is 0 Å². The van der Waals surface area contributed by atoms with Gasteiger partial charge in [-0.1, -0.05) is 0 Å². The maximum atomic E-state index is 13.0. The summed E-state index contributed by atoms with van der Waals surface area (Å²) in [4.78, 5) is -0.949. The van der Waals surface area contributed by atoms with E-state index in [0.29, 0.717) is 38.1 Å². The first-order valence-electron chi connectivity index (χ1n) is 6.30. The third kappa shape index (κ3) is 3.92. The van der Waals surface area contributed by atoms with Crippen LogP contribution < -0.4 is 10.0 Å². The zero-order valence-electron chi connectivity index (χ0n) is 10.9. The maximum Gasteiger partial charge on any atom is 0.417 e. The number of rotatable bonds is 3. The summed E-state index contributed by atoms with van der Waals surface area (Å²) in [5.41, 5.74) is -1.50. The molecule has 0 atom stereocenters. The van der Waals surface area contributed by atoms with Gasteiger partial charge in [-0.05, 0) is 44.1 Å². The minimum Gasteiger partial charge on any atom is -0.317 e. The third-order valence-corrected chi connectivity index (χ3v) is 4.78. The molecule has 9 heteroatoms. The molecule has 1 aliphatic rings. The van der Waals surface area contributed by atoms with E-state index in [-0.39, 0.29) is 6.07 Å². The van der Waals surface area contributed by atoms with Gasteiger partial charge in [0.2, 0.25) is 10.0 Å². The monoisotopic (exact) mass is 326 g/mol. The molecular formula is C12H14F4N2O2S. The molecule has 0 radical (unpaired) electrons. The number of sulfonamides is 1. The Morgan fingerprint density at radius 3 is 2.38 bits per heavy atom. The van der Waals surface area contributed by atoms with Crippen LogP contribution in [-0.2, 0) is 16.2 Å². The van der Waals surface area contributed by atoms with Crippen LogP contribution in [0.2, 0.25) is 0 Å². The van der Waals surface area contributed by atoms with Crippen LogP contribution in [0.5, 0.6) is 0 Å². The predicted molar refractivity (Wildman–Crippen MR) is 67.6 cm³/mol. The van der Waals surface area contributed by atoms with Gasteiger partial charge in [0.05, 0.1) is 10.5 Å². The molecule has 1 aliphatic heterocycles. The Morgan fingerprint density at radius 1 is 1.19 bits per heavy atom. The Balaban J connectivity index is 2.35. The molecule has 1 heterocycles. The van der Waals surface area contributed by atoms with E-state index in [4.69, 9.17) is 0 Å². The molecule has 0 spiro atoms. The maximum absolute atomic E-state index is 13.0. The predicted octanol–water partition coefficient (Wildman–Crippen LogP) is 1.87. The topological polar surface area (TPSA) is 58.2 Å². The van der Waals surface area contributed by atoms with Gasteiger partial charge in [0, 0.05) is 6.04 Å². The van der Waals surface area contributed by atoms with Crippen molar-refractivity contribution in [1.82, 2.24) is 10.0 Å². The number of halogens is 4. The first kappa shape index (κ1) is 16.2. The highest BCUT2D eigenvalue weighted by Gasteiger charge is 2.38. The average molecular weight is 326 g/mol. The molecule has 4 nitrogen and oxygen atoms in total. The minimum absolute atomic E-state index is 0.191. The van der Waals surface area contributed by atoms with E-state index in [9.17, 15) is 26.0 Å². The van der Waals surface area contributed by atoms with Crippen LogP contribution in [0.4, 0.5) is 17.6 Å². The van der Waals surface area contributed by atoms with Crippen molar-refractivity contribution in [3.8, 4) is 0 Å². The molecule has 118 valence electrons. The van der Waals surface area contributed by atoms with Crippen molar-refractivity contribution in [3.63, 3.8) is 0 Å². The zero-order chi connectivity index (χ0) is 15.7. The van der Waals surface area contributed by atoms with E-state index in [0.717, 1.165) is 0 Å². The van der Waals surface area contributed by atoms with Gasteiger partial charge in [-0.2, -0.15) is 13.2 Å². The van der Waals surface area contributed by atoms with Crippen molar-refractivity contribution in [2.75, 3.05) is 13.1 Å². The van der Waals surface area contributed by atoms with Crippen LogP contribution in [0.15, 0.2) is 23.1 Å². The Hall–Kier alpha value is -1.19. The molecule has 21 heavy (non-hydrogen) atoms. The second-order valence-electron chi connectivity index (χ2n) is 4.78. The molecule has 2 rings (SSSR count). The molecule has 0 aromatic heterocycles. The van der Waals surface area contributed by atoms with Gasteiger partial charge < -0.3 is 5.32 Å². The smallest absolute Gasteiger partial charge is 0.317 e. The fourth-order valence-electron chi connectivity index (χ4n) is 2.18. The van der Waals surface area contributed by atoms with Gasteiger partial charge in [0.1, 0.15) is 5.82 Å². The van der Waals surface area contributed by atoms with E-state index in [1.54, 1.807) is 0 Å². The van der Waals surface area contributed by atoms with Crippen molar-refractivity contribution in [1.29, 1.82) is 0 Å². The van der Waals surface area contributed by atoms with Gasteiger partial charge in [0.15, 0.2) is 0 Å².